The number of benzene rings is 8. The predicted molar refractivity (Wildman–Crippen MR) is 211 cm³/mol. The van der Waals surface area contributed by atoms with E-state index >= 15 is 0 Å². The number of aliphatic hydroxyl groups excluding tert-OH is 4. The van der Waals surface area contributed by atoms with Gasteiger partial charge in [-0.05, 0) is 123 Å². The molecule has 0 saturated carbocycles. The second kappa shape index (κ2) is 11.4. The Morgan fingerprint density at radius 1 is 0.288 bits per heavy atom. The standard InChI is InChI=1S/C48H36O4/c49-25-47(26-50)43-15-7-5-13-35(43)37-19-17-29(21-45(37)47)39-23-42-34-12-4-2-10-32(34)40(24-41(42)33-11-3-1-9-31(33)39)30-18-20-38-36-14-6-8-16-44(36)48(27-51,28-52)46(38)22-30/h1-24,49-52H,25-28H2. The lowest BCUT2D eigenvalue weighted by molar-refractivity contribution is 0.146. The first kappa shape index (κ1) is 31.1. The van der Waals surface area contributed by atoms with E-state index in [1.807, 2.05) is 36.4 Å². The Labute approximate surface area is 301 Å². The molecule has 0 saturated heterocycles. The largest absolute Gasteiger partial charge is 0.395 e. The maximum Gasteiger partial charge on any atom is 0.0676 e. The van der Waals surface area contributed by atoms with Gasteiger partial charge in [0, 0.05) is 0 Å². The van der Waals surface area contributed by atoms with Crippen molar-refractivity contribution in [3.05, 3.63) is 168 Å². The smallest absolute Gasteiger partial charge is 0.0676 e. The molecule has 0 unspecified atom stereocenters. The van der Waals surface area contributed by atoms with E-state index in [2.05, 4.69) is 109 Å². The van der Waals surface area contributed by atoms with Crippen LogP contribution in [0.25, 0.3) is 76.8 Å². The molecule has 2 aliphatic carbocycles. The van der Waals surface area contributed by atoms with Crippen molar-refractivity contribution in [1.29, 1.82) is 0 Å². The molecule has 8 aromatic carbocycles. The molecule has 2 aliphatic rings. The molecule has 0 radical (unpaired) electrons. The summed E-state index contributed by atoms with van der Waals surface area (Å²) in [6.45, 7) is -0.741. The second-order valence-electron chi connectivity index (χ2n) is 14.4. The minimum absolute atomic E-state index is 0.185. The van der Waals surface area contributed by atoms with E-state index in [1.54, 1.807) is 0 Å². The van der Waals surface area contributed by atoms with Crippen molar-refractivity contribution in [1.82, 2.24) is 0 Å². The van der Waals surface area contributed by atoms with Crippen LogP contribution in [0.1, 0.15) is 22.3 Å². The zero-order valence-corrected chi connectivity index (χ0v) is 28.5. The van der Waals surface area contributed by atoms with Gasteiger partial charge in [-0.25, -0.2) is 0 Å². The molecule has 0 aliphatic heterocycles. The minimum atomic E-state index is -0.878. The van der Waals surface area contributed by atoms with Gasteiger partial charge in [0.2, 0.25) is 0 Å². The highest BCUT2D eigenvalue weighted by molar-refractivity contribution is 6.24. The molecule has 0 aromatic heterocycles. The minimum Gasteiger partial charge on any atom is -0.395 e. The van der Waals surface area contributed by atoms with Gasteiger partial charge in [-0.2, -0.15) is 0 Å². The number of fused-ring (bicyclic) bond motifs is 11. The Hall–Kier alpha value is -5.62. The van der Waals surface area contributed by atoms with E-state index in [-0.39, 0.29) is 26.4 Å². The normalized spacial score (nSPS) is 14.8. The SMILES string of the molecule is OCC1(CO)c2ccccc2-c2ccc(-c3cc4c5ccccc5c(-c5ccc6c(c5)C(CO)(CO)c5ccccc5-6)cc4c4ccccc34)cc21. The average molecular weight is 677 g/mol. The summed E-state index contributed by atoms with van der Waals surface area (Å²) in [5.41, 5.74) is 10.5. The topological polar surface area (TPSA) is 80.9 Å². The number of hydrogen-bond acceptors (Lipinski definition) is 4. The third-order valence-electron chi connectivity index (χ3n) is 12.1. The Bertz CT molecular complexity index is 2560. The van der Waals surface area contributed by atoms with Gasteiger partial charge in [-0.15, -0.1) is 0 Å². The van der Waals surface area contributed by atoms with Gasteiger partial charge >= 0.3 is 0 Å². The maximum absolute atomic E-state index is 10.8. The lowest BCUT2D eigenvalue weighted by atomic mass is 9.78. The third-order valence-corrected chi connectivity index (χ3v) is 12.1. The molecule has 10 rings (SSSR count). The van der Waals surface area contributed by atoms with Crippen LogP contribution >= 0.6 is 0 Å². The van der Waals surface area contributed by atoms with Crippen molar-refractivity contribution in [2.45, 2.75) is 10.8 Å². The molecular formula is C48H36O4. The van der Waals surface area contributed by atoms with E-state index in [1.165, 1.54) is 0 Å². The van der Waals surface area contributed by atoms with Gasteiger partial charge in [0.25, 0.3) is 0 Å². The Morgan fingerprint density at radius 2 is 0.635 bits per heavy atom. The molecule has 0 fully saturated rings. The van der Waals surface area contributed by atoms with Crippen LogP contribution in [-0.4, -0.2) is 46.9 Å². The van der Waals surface area contributed by atoms with E-state index in [0.717, 1.165) is 99.1 Å². The summed E-state index contributed by atoms with van der Waals surface area (Å²) in [6.07, 6.45) is 0. The second-order valence-corrected chi connectivity index (χ2v) is 14.4. The highest BCUT2D eigenvalue weighted by Gasteiger charge is 2.44. The predicted octanol–water partition coefficient (Wildman–Crippen LogP) is 8.98. The Balaban J connectivity index is 1.21. The van der Waals surface area contributed by atoms with Crippen LogP contribution in [0.5, 0.6) is 0 Å². The van der Waals surface area contributed by atoms with Crippen LogP contribution in [0, 0.1) is 0 Å². The number of rotatable bonds is 6. The molecule has 4 heteroatoms. The van der Waals surface area contributed by atoms with E-state index in [4.69, 9.17) is 0 Å². The monoisotopic (exact) mass is 676 g/mol. The summed E-state index contributed by atoms with van der Waals surface area (Å²) in [5.74, 6) is 0. The van der Waals surface area contributed by atoms with E-state index in [9.17, 15) is 20.4 Å². The molecule has 252 valence electrons. The van der Waals surface area contributed by atoms with Gasteiger partial charge < -0.3 is 20.4 Å². The van der Waals surface area contributed by atoms with Gasteiger partial charge in [0.15, 0.2) is 0 Å². The van der Waals surface area contributed by atoms with Crippen molar-refractivity contribution < 1.29 is 20.4 Å². The first-order chi connectivity index (χ1) is 25.6. The van der Waals surface area contributed by atoms with Crippen molar-refractivity contribution in [3.63, 3.8) is 0 Å². The summed E-state index contributed by atoms with van der Waals surface area (Å²) in [6, 6.07) is 50.8. The lowest BCUT2D eigenvalue weighted by Gasteiger charge is -2.28. The highest BCUT2D eigenvalue weighted by atomic mass is 16.3. The lowest BCUT2D eigenvalue weighted by Crippen LogP contribution is -2.34. The number of hydrogen-bond donors (Lipinski definition) is 4. The van der Waals surface area contributed by atoms with Gasteiger partial charge in [0.05, 0.1) is 37.3 Å². The summed E-state index contributed by atoms with van der Waals surface area (Å²) in [4.78, 5) is 0. The van der Waals surface area contributed by atoms with Crippen LogP contribution in [0.4, 0.5) is 0 Å². The molecule has 0 heterocycles. The molecule has 8 aromatic rings. The van der Waals surface area contributed by atoms with Crippen LogP contribution in [0.15, 0.2) is 146 Å². The first-order valence-electron chi connectivity index (χ1n) is 17.9. The van der Waals surface area contributed by atoms with Crippen molar-refractivity contribution in [2.24, 2.45) is 0 Å². The molecule has 4 N–H and O–H groups in total. The fourth-order valence-electron chi connectivity index (χ4n) is 9.46. The van der Waals surface area contributed by atoms with Crippen LogP contribution in [0.2, 0.25) is 0 Å². The summed E-state index contributed by atoms with van der Waals surface area (Å²) < 4.78 is 0. The summed E-state index contributed by atoms with van der Waals surface area (Å²) >= 11 is 0. The van der Waals surface area contributed by atoms with Crippen molar-refractivity contribution in [2.75, 3.05) is 26.4 Å². The molecular weight excluding hydrogens is 641 g/mol. The maximum atomic E-state index is 10.8. The van der Waals surface area contributed by atoms with Gasteiger partial charge in [0.1, 0.15) is 0 Å². The van der Waals surface area contributed by atoms with Crippen molar-refractivity contribution >= 4 is 32.3 Å². The molecule has 0 atom stereocenters. The highest BCUT2D eigenvalue weighted by Crippen LogP contribution is 2.52. The fourth-order valence-corrected chi connectivity index (χ4v) is 9.46. The van der Waals surface area contributed by atoms with Crippen molar-refractivity contribution in [3.8, 4) is 44.5 Å². The first-order valence-corrected chi connectivity index (χ1v) is 17.9. The third kappa shape index (κ3) is 4.01. The van der Waals surface area contributed by atoms with Crippen LogP contribution < -0.4 is 0 Å². The molecule has 4 nitrogen and oxygen atoms in total. The molecule has 0 bridgehead atoms. The Kier molecular flexibility index (Phi) is 6.85. The van der Waals surface area contributed by atoms with Crippen LogP contribution in [0.3, 0.4) is 0 Å². The number of aliphatic hydroxyl groups is 4. The summed E-state index contributed by atoms with van der Waals surface area (Å²) in [5, 5.41) is 50.0. The van der Waals surface area contributed by atoms with Gasteiger partial charge in [-0.1, -0.05) is 121 Å². The zero-order chi connectivity index (χ0) is 35.2. The molecule has 0 spiro atoms. The summed E-state index contributed by atoms with van der Waals surface area (Å²) in [7, 11) is 0. The zero-order valence-electron chi connectivity index (χ0n) is 28.5. The van der Waals surface area contributed by atoms with E-state index in [0.29, 0.717) is 0 Å². The molecule has 0 amide bonds. The molecule has 52 heavy (non-hydrogen) atoms. The average Bonchev–Trinajstić information content (AvgIpc) is 3.66. The van der Waals surface area contributed by atoms with E-state index < -0.39 is 10.8 Å². The quantitative estimate of drug-likeness (QED) is 0.133. The van der Waals surface area contributed by atoms with Crippen LogP contribution in [-0.2, 0) is 10.8 Å². The van der Waals surface area contributed by atoms with Gasteiger partial charge in [-0.3, -0.25) is 0 Å². The fraction of sp³-hybridized carbons (Fsp3) is 0.125. The Morgan fingerprint density at radius 3 is 1.04 bits per heavy atom.